The summed E-state index contributed by atoms with van der Waals surface area (Å²) in [7, 11) is 1.40. The predicted octanol–water partition coefficient (Wildman–Crippen LogP) is 2.66. The van der Waals surface area contributed by atoms with Gasteiger partial charge in [0.05, 0.1) is 13.3 Å². The molecule has 0 spiro atoms. The van der Waals surface area contributed by atoms with Crippen molar-refractivity contribution in [3.05, 3.63) is 24.0 Å². The SMILES string of the molecule is CC[S+](OC)c1cnccc1C(F)(F)F. The lowest BCUT2D eigenvalue weighted by Crippen LogP contribution is -2.16. The number of hydrogen-bond acceptors (Lipinski definition) is 2. The summed E-state index contributed by atoms with van der Waals surface area (Å²) in [5.74, 6) is 0.505. The molecule has 0 radical (unpaired) electrons. The van der Waals surface area contributed by atoms with E-state index in [1.165, 1.54) is 13.3 Å². The Labute approximate surface area is 89.0 Å². The summed E-state index contributed by atoms with van der Waals surface area (Å²) in [5.41, 5.74) is -0.662. The zero-order valence-corrected chi connectivity index (χ0v) is 9.15. The smallest absolute Gasteiger partial charge is 0.259 e. The van der Waals surface area contributed by atoms with Crippen LogP contribution < -0.4 is 0 Å². The van der Waals surface area contributed by atoms with E-state index >= 15 is 0 Å². The summed E-state index contributed by atoms with van der Waals surface area (Å²) in [6, 6.07) is 0.976. The third-order valence-electron chi connectivity index (χ3n) is 1.80. The minimum atomic E-state index is -4.35. The number of aromatic nitrogens is 1. The monoisotopic (exact) mass is 238 g/mol. The molecule has 0 saturated carbocycles. The van der Waals surface area contributed by atoms with Gasteiger partial charge in [-0.05, 0) is 13.0 Å². The van der Waals surface area contributed by atoms with E-state index in [2.05, 4.69) is 4.98 Å². The maximum Gasteiger partial charge on any atom is 0.421 e. The lowest BCUT2D eigenvalue weighted by atomic mass is 10.3. The maximum atomic E-state index is 12.6. The highest BCUT2D eigenvalue weighted by molar-refractivity contribution is 7.92. The van der Waals surface area contributed by atoms with Crippen LogP contribution in [0, 0.1) is 0 Å². The maximum absolute atomic E-state index is 12.6. The quantitative estimate of drug-likeness (QED) is 0.755. The third kappa shape index (κ3) is 2.85. The van der Waals surface area contributed by atoms with Gasteiger partial charge in [0.15, 0.2) is 11.2 Å². The van der Waals surface area contributed by atoms with Crippen molar-refractivity contribution in [2.45, 2.75) is 18.0 Å². The molecule has 2 nitrogen and oxygen atoms in total. The van der Waals surface area contributed by atoms with Crippen molar-refractivity contribution in [2.75, 3.05) is 12.9 Å². The average Bonchev–Trinajstić information content (AvgIpc) is 2.19. The van der Waals surface area contributed by atoms with Crippen LogP contribution in [0.4, 0.5) is 13.2 Å². The number of rotatable bonds is 3. The summed E-state index contributed by atoms with van der Waals surface area (Å²) >= 11 is -0.842. The lowest BCUT2D eigenvalue weighted by molar-refractivity contribution is -0.139. The van der Waals surface area contributed by atoms with E-state index in [0.29, 0.717) is 5.75 Å². The van der Waals surface area contributed by atoms with Gasteiger partial charge in [0.25, 0.3) is 0 Å². The normalized spacial score (nSPS) is 13.9. The van der Waals surface area contributed by atoms with Crippen molar-refractivity contribution >= 4 is 11.2 Å². The highest BCUT2D eigenvalue weighted by atomic mass is 32.2. The van der Waals surface area contributed by atoms with Crippen molar-refractivity contribution in [3.8, 4) is 0 Å². The summed E-state index contributed by atoms with van der Waals surface area (Å²) < 4.78 is 42.8. The Morgan fingerprint density at radius 1 is 1.47 bits per heavy atom. The second-order valence-electron chi connectivity index (χ2n) is 2.67. The topological polar surface area (TPSA) is 22.1 Å². The van der Waals surface area contributed by atoms with Crippen molar-refractivity contribution in [3.63, 3.8) is 0 Å². The molecule has 0 aliphatic rings. The Kier molecular flexibility index (Phi) is 3.98. The van der Waals surface area contributed by atoms with E-state index in [0.717, 1.165) is 12.3 Å². The standard InChI is InChI=1S/C9H11F3NOS/c1-3-15(14-2)8-6-13-5-4-7(8)9(10,11)12/h4-6H,3H2,1-2H3/q+1. The third-order valence-corrected chi connectivity index (χ3v) is 3.54. The first-order valence-electron chi connectivity index (χ1n) is 4.27. The molecule has 1 rings (SSSR count). The van der Waals surface area contributed by atoms with Crippen LogP contribution in [0.5, 0.6) is 0 Å². The molecule has 84 valence electrons. The van der Waals surface area contributed by atoms with Crippen LogP contribution in [-0.2, 0) is 21.5 Å². The zero-order chi connectivity index (χ0) is 11.5. The Hall–Kier alpha value is -0.750. The van der Waals surface area contributed by atoms with Gasteiger partial charge in [-0.1, -0.05) is 0 Å². The van der Waals surface area contributed by atoms with Crippen molar-refractivity contribution < 1.29 is 17.4 Å². The summed E-state index contributed by atoms with van der Waals surface area (Å²) in [6.45, 7) is 1.78. The molecule has 0 aliphatic heterocycles. The van der Waals surface area contributed by atoms with Gasteiger partial charge in [0, 0.05) is 6.20 Å². The average molecular weight is 238 g/mol. The lowest BCUT2D eigenvalue weighted by Gasteiger charge is -2.09. The molecule has 0 bridgehead atoms. The predicted molar refractivity (Wildman–Crippen MR) is 52.4 cm³/mol. The second kappa shape index (κ2) is 4.85. The summed E-state index contributed by atoms with van der Waals surface area (Å²) in [6.07, 6.45) is -1.99. The van der Waals surface area contributed by atoms with Crippen molar-refractivity contribution in [2.24, 2.45) is 0 Å². The van der Waals surface area contributed by atoms with Crippen LogP contribution in [0.15, 0.2) is 23.4 Å². The fourth-order valence-electron chi connectivity index (χ4n) is 1.16. The highest BCUT2D eigenvalue weighted by Gasteiger charge is 2.40. The first-order chi connectivity index (χ1) is 7.00. The van der Waals surface area contributed by atoms with Crippen LogP contribution in [0.1, 0.15) is 12.5 Å². The Bertz CT molecular complexity index is 325. The minimum Gasteiger partial charge on any atom is -0.259 e. The van der Waals surface area contributed by atoms with Crippen LogP contribution in [0.3, 0.4) is 0 Å². The summed E-state index contributed by atoms with van der Waals surface area (Å²) in [5, 5.41) is 0. The molecule has 1 atom stereocenters. The molecular weight excluding hydrogens is 227 g/mol. The van der Waals surface area contributed by atoms with E-state index in [1.807, 2.05) is 0 Å². The van der Waals surface area contributed by atoms with Gasteiger partial charge in [0.1, 0.15) is 11.3 Å². The molecule has 0 aromatic carbocycles. The molecule has 1 aromatic rings. The molecule has 1 heterocycles. The van der Waals surface area contributed by atoms with Gasteiger partial charge in [-0.25, -0.2) is 0 Å². The number of halogens is 3. The molecule has 1 aromatic heterocycles. The zero-order valence-electron chi connectivity index (χ0n) is 8.34. The molecule has 0 saturated heterocycles. The van der Waals surface area contributed by atoms with Gasteiger partial charge < -0.3 is 0 Å². The van der Waals surface area contributed by atoms with Crippen molar-refractivity contribution in [1.82, 2.24) is 4.98 Å². The first-order valence-corrected chi connectivity index (χ1v) is 5.59. The van der Waals surface area contributed by atoms with E-state index < -0.39 is 22.9 Å². The van der Waals surface area contributed by atoms with Crippen LogP contribution in [0.2, 0.25) is 0 Å². The van der Waals surface area contributed by atoms with Gasteiger partial charge in [-0.2, -0.15) is 17.4 Å². The molecule has 15 heavy (non-hydrogen) atoms. The Morgan fingerprint density at radius 2 is 2.13 bits per heavy atom. The molecule has 0 aliphatic carbocycles. The molecule has 6 heteroatoms. The van der Waals surface area contributed by atoms with Gasteiger partial charge in [-0.15, -0.1) is 0 Å². The highest BCUT2D eigenvalue weighted by Crippen LogP contribution is 2.34. The van der Waals surface area contributed by atoms with E-state index in [-0.39, 0.29) is 4.90 Å². The number of hydrogen-bond donors (Lipinski definition) is 0. The molecular formula is C9H11F3NOS+. The second-order valence-corrected chi connectivity index (χ2v) is 4.71. The van der Waals surface area contributed by atoms with Gasteiger partial charge in [-0.3, -0.25) is 4.98 Å². The number of pyridine rings is 1. The van der Waals surface area contributed by atoms with Crippen LogP contribution >= 0.6 is 0 Å². The van der Waals surface area contributed by atoms with Crippen LogP contribution in [-0.4, -0.2) is 17.8 Å². The molecule has 1 unspecified atom stereocenters. The minimum absolute atomic E-state index is 0.120. The Balaban J connectivity index is 3.17. The van der Waals surface area contributed by atoms with Crippen LogP contribution in [0.25, 0.3) is 0 Å². The first kappa shape index (κ1) is 12.3. The number of nitrogens with zero attached hydrogens (tertiary/aromatic N) is 1. The Morgan fingerprint density at radius 3 is 2.60 bits per heavy atom. The fraction of sp³-hybridized carbons (Fsp3) is 0.444. The molecule has 0 N–H and O–H groups in total. The molecule has 0 amide bonds. The molecule has 0 fully saturated rings. The van der Waals surface area contributed by atoms with Crippen molar-refractivity contribution in [1.29, 1.82) is 0 Å². The van der Waals surface area contributed by atoms with Gasteiger partial charge >= 0.3 is 6.18 Å². The largest absolute Gasteiger partial charge is 0.421 e. The van der Waals surface area contributed by atoms with E-state index in [4.69, 9.17) is 4.18 Å². The van der Waals surface area contributed by atoms with E-state index in [9.17, 15) is 13.2 Å². The summed E-state index contributed by atoms with van der Waals surface area (Å²) in [4.78, 5) is 3.82. The fourth-order valence-corrected chi connectivity index (χ4v) is 2.49. The van der Waals surface area contributed by atoms with E-state index in [1.54, 1.807) is 6.92 Å². The number of alkyl halides is 3. The van der Waals surface area contributed by atoms with Gasteiger partial charge in [0.2, 0.25) is 4.90 Å².